The topological polar surface area (TPSA) is 94.4 Å². The molecule has 184 valence electrons. The Morgan fingerprint density at radius 3 is 2.68 bits per heavy atom. The predicted molar refractivity (Wildman–Crippen MR) is 142 cm³/mol. The van der Waals surface area contributed by atoms with Gasteiger partial charge in [-0.25, -0.2) is 9.97 Å². The van der Waals surface area contributed by atoms with Crippen LogP contribution in [0.3, 0.4) is 0 Å². The number of ether oxygens (including phenoxy) is 2. The van der Waals surface area contributed by atoms with Crippen molar-refractivity contribution in [2.75, 3.05) is 13.2 Å². The number of nitrogens with zero attached hydrogens (tertiary/aromatic N) is 3. The molecule has 0 bridgehead atoms. The molecule has 0 amide bonds. The second-order valence-corrected chi connectivity index (χ2v) is 9.14. The zero-order chi connectivity index (χ0) is 25.5. The number of hydrogen-bond acceptors (Lipinski definition) is 6. The predicted octanol–water partition coefficient (Wildman–Crippen LogP) is 5.78. The van der Waals surface area contributed by atoms with Gasteiger partial charge >= 0.3 is 12.0 Å². The first-order valence-corrected chi connectivity index (χ1v) is 12.3. The van der Waals surface area contributed by atoms with Crippen LogP contribution in [0.15, 0.2) is 61.1 Å². The summed E-state index contributed by atoms with van der Waals surface area (Å²) in [6, 6.07) is 14.6. The van der Waals surface area contributed by atoms with Crippen LogP contribution in [0.25, 0.3) is 43.9 Å². The Kier molecular flexibility index (Phi) is 5.68. The van der Waals surface area contributed by atoms with E-state index in [9.17, 15) is 9.90 Å². The molecular formula is C30H25N3O4. The van der Waals surface area contributed by atoms with Crippen LogP contribution >= 0.6 is 0 Å². The summed E-state index contributed by atoms with van der Waals surface area (Å²) in [5.41, 5.74) is 7.38. The molecular weight excluding hydrogens is 466 g/mol. The van der Waals surface area contributed by atoms with Gasteiger partial charge in [0.2, 0.25) is 0 Å². The van der Waals surface area contributed by atoms with Crippen LogP contribution in [0.2, 0.25) is 0 Å². The molecule has 7 nitrogen and oxygen atoms in total. The maximum atomic E-state index is 11.9. The van der Waals surface area contributed by atoms with E-state index in [1.165, 1.54) is 5.56 Å². The van der Waals surface area contributed by atoms with Gasteiger partial charge in [0, 0.05) is 41.5 Å². The van der Waals surface area contributed by atoms with E-state index in [0.717, 1.165) is 67.2 Å². The SMILES string of the molecule is CCOc1ncc(-c2ccc3c(-c4ccc5c6c(ccnc46)CCO5)c(CC(=O)O)c(C)cc3c2)cn1. The largest absolute Gasteiger partial charge is 0.493 e. The van der Waals surface area contributed by atoms with E-state index in [2.05, 4.69) is 22.1 Å². The summed E-state index contributed by atoms with van der Waals surface area (Å²) in [6.45, 7) is 5.01. The van der Waals surface area contributed by atoms with Gasteiger partial charge in [-0.15, -0.1) is 0 Å². The molecule has 2 aromatic heterocycles. The van der Waals surface area contributed by atoms with Crippen molar-refractivity contribution in [1.82, 2.24) is 15.0 Å². The minimum Gasteiger partial charge on any atom is -0.493 e. The van der Waals surface area contributed by atoms with Gasteiger partial charge in [-0.1, -0.05) is 18.2 Å². The molecule has 1 aliphatic rings. The molecule has 3 heterocycles. The summed E-state index contributed by atoms with van der Waals surface area (Å²) in [5.74, 6) is -0.0477. The molecule has 0 spiro atoms. The van der Waals surface area contributed by atoms with Crippen molar-refractivity contribution in [3.8, 4) is 34.0 Å². The molecule has 0 saturated carbocycles. The van der Waals surface area contributed by atoms with Crippen molar-refractivity contribution in [1.29, 1.82) is 0 Å². The fourth-order valence-corrected chi connectivity index (χ4v) is 5.23. The Labute approximate surface area is 213 Å². The van der Waals surface area contributed by atoms with E-state index in [4.69, 9.17) is 14.5 Å². The van der Waals surface area contributed by atoms with Crippen LogP contribution in [0, 0.1) is 6.92 Å². The highest BCUT2D eigenvalue weighted by Gasteiger charge is 2.22. The molecule has 37 heavy (non-hydrogen) atoms. The number of carboxylic acids is 1. The van der Waals surface area contributed by atoms with Crippen LogP contribution in [-0.4, -0.2) is 39.2 Å². The van der Waals surface area contributed by atoms with Crippen molar-refractivity contribution in [2.45, 2.75) is 26.7 Å². The lowest BCUT2D eigenvalue weighted by Gasteiger charge is -2.22. The smallest absolute Gasteiger partial charge is 0.316 e. The van der Waals surface area contributed by atoms with Gasteiger partial charge in [0.05, 0.1) is 25.2 Å². The number of carboxylic acid groups (broad SMARTS) is 1. The molecule has 0 atom stereocenters. The Bertz CT molecular complexity index is 1670. The minimum absolute atomic E-state index is 0.0783. The monoisotopic (exact) mass is 491 g/mol. The Balaban J connectivity index is 1.59. The van der Waals surface area contributed by atoms with Gasteiger partial charge in [-0.2, -0.15) is 0 Å². The molecule has 1 N–H and O–H groups in total. The fraction of sp³-hybridized carbons (Fsp3) is 0.200. The third-order valence-corrected chi connectivity index (χ3v) is 6.87. The van der Waals surface area contributed by atoms with Crippen molar-refractivity contribution in [3.63, 3.8) is 0 Å². The number of rotatable bonds is 6. The maximum absolute atomic E-state index is 11.9. The number of pyridine rings is 1. The third kappa shape index (κ3) is 4.02. The maximum Gasteiger partial charge on any atom is 0.316 e. The third-order valence-electron chi connectivity index (χ3n) is 6.87. The first kappa shape index (κ1) is 22.9. The molecule has 7 heteroatoms. The van der Waals surface area contributed by atoms with Gasteiger partial charge in [0.25, 0.3) is 0 Å². The van der Waals surface area contributed by atoms with Gasteiger partial charge in [-0.05, 0) is 76.7 Å². The van der Waals surface area contributed by atoms with Crippen molar-refractivity contribution >= 4 is 27.6 Å². The average molecular weight is 492 g/mol. The summed E-state index contributed by atoms with van der Waals surface area (Å²) in [7, 11) is 0. The lowest BCUT2D eigenvalue weighted by Crippen LogP contribution is -2.10. The quantitative estimate of drug-likeness (QED) is 0.322. The van der Waals surface area contributed by atoms with E-state index in [1.54, 1.807) is 12.4 Å². The number of aliphatic carboxylic acids is 1. The summed E-state index contributed by atoms with van der Waals surface area (Å²) in [6.07, 6.45) is 6.07. The molecule has 0 fully saturated rings. The summed E-state index contributed by atoms with van der Waals surface area (Å²) in [4.78, 5) is 25.3. The highest BCUT2D eigenvalue weighted by atomic mass is 16.5. The minimum atomic E-state index is -0.870. The Morgan fingerprint density at radius 1 is 1.05 bits per heavy atom. The number of benzene rings is 3. The van der Waals surface area contributed by atoms with Gasteiger partial charge < -0.3 is 14.6 Å². The molecule has 0 aliphatic carbocycles. The van der Waals surface area contributed by atoms with Gasteiger partial charge in [0.15, 0.2) is 0 Å². The highest BCUT2D eigenvalue weighted by molar-refractivity contribution is 6.09. The average Bonchev–Trinajstić information content (AvgIpc) is 2.90. The zero-order valence-corrected chi connectivity index (χ0v) is 20.6. The number of carbonyl (C=O) groups is 1. The fourth-order valence-electron chi connectivity index (χ4n) is 5.23. The molecule has 0 radical (unpaired) electrons. The first-order chi connectivity index (χ1) is 18.0. The number of hydrogen-bond donors (Lipinski definition) is 1. The molecule has 0 saturated heterocycles. The van der Waals surface area contributed by atoms with Crippen LogP contribution < -0.4 is 9.47 Å². The summed E-state index contributed by atoms with van der Waals surface area (Å²) >= 11 is 0. The second kappa shape index (κ2) is 9.17. The van der Waals surface area contributed by atoms with E-state index < -0.39 is 5.97 Å². The molecule has 0 unspecified atom stereocenters. The standard InChI is InChI=1S/C30H25N3O4/c1-3-36-30-32-15-21(16-33-30)19-4-5-22-20(13-19)12-17(2)24(14-26(34)35)28(22)23-6-7-25-27-18(9-11-37-25)8-10-31-29(23)27/h4-8,10,12-13,15-16H,3,9,11,14H2,1-2H3,(H,34,35). The lowest BCUT2D eigenvalue weighted by molar-refractivity contribution is -0.136. The number of fused-ring (bicyclic) bond motifs is 1. The van der Waals surface area contributed by atoms with E-state index in [0.29, 0.717) is 19.2 Å². The Morgan fingerprint density at radius 2 is 1.89 bits per heavy atom. The normalized spacial score (nSPS) is 12.5. The lowest BCUT2D eigenvalue weighted by atomic mass is 9.86. The molecule has 1 aliphatic heterocycles. The van der Waals surface area contributed by atoms with Crippen molar-refractivity contribution < 1.29 is 19.4 Å². The van der Waals surface area contributed by atoms with Crippen LogP contribution in [-0.2, 0) is 17.6 Å². The number of aromatic nitrogens is 3. The van der Waals surface area contributed by atoms with Crippen molar-refractivity contribution in [2.24, 2.45) is 0 Å². The van der Waals surface area contributed by atoms with E-state index >= 15 is 0 Å². The van der Waals surface area contributed by atoms with Crippen molar-refractivity contribution in [3.05, 3.63) is 77.7 Å². The van der Waals surface area contributed by atoms with Crippen LogP contribution in [0.4, 0.5) is 0 Å². The molecule has 3 aromatic carbocycles. The van der Waals surface area contributed by atoms with Gasteiger partial charge in [0.1, 0.15) is 5.75 Å². The number of aryl methyl sites for hydroxylation is 1. The molecule has 5 aromatic rings. The highest BCUT2D eigenvalue weighted by Crippen LogP contribution is 2.43. The van der Waals surface area contributed by atoms with Crippen LogP contribution in [0.1, 0.15) is 23.6 Å². The summed E-state index contributed by atoms with van der Waals surface area (Å²) < 4.78 is 11.3. The Hall–Kier alpha value is -4.52. The second-order valence-electron chi connectivity index (χ2n) is 9.14. The zero-order valence-electron chi connectivity index (χ0n) is 20.6. The van der Waals surface area contributed by atoms with E-state index in [-0.39, 0.29) is 6.42 Å². The van der Waals surface area contributed by atoms with Crippen LogP contribution in [0.5, 0.6) is 11.8 Å². The first-order valence-electron chi connectivity index (χ1n) is 12.3. The summed E-state index contributed by atoms with van der Waals surface area (Å²) in [5, 5.41) is 12.8. The molecule has 6 rings (SSSR count). The van der Waals surface area contributed by atoms with E-state index in [1.807, 2.05) is 50.4 Å². The van der Waals surface area contributed by atoms with Gasteiger partial charge in [-0.3, -0.25) is 9.78 Å².